The van der Waals surface area contributed by atoms with Gasteiger partial charge in [-0.3, -0.25) is 0 Å². The molecule has 1 aliphatic carbocycles. The van der Waals surface area contributed by atoms with E-state index in [1.165, 1.54) is 0 Å². The van der Waals surface area contributed by atoms with Crippen LogP contribution in [0.2, 0.25) is 5.02 Å². The van der Waals surface area contributed by atoms with Crippen molar-refractivity contribution in [2.45, 2.75) is 43.8 Å². The maximum atomic E-state index is 14.3. The molecule has 3 heteroatoms. The molecule has 1 unspecified atom stereocenters. The summed E-state index contributed by atoms with van der Waals surface area (Å²) in [7, 11) is 0. The molecule has 0 radical (unpaired) electrons. The SMILES string of the molecule is CC(C)(F)C(c1cccc(Cl)c1)C1(N)CC1. The minimum Gasteiger partial charge on any atom is -0.324 e. The van der Waals surface area contributed by atoms with Crippen molar-refractivity contribution in [1.82, 2.24) is 0 Å². The highest BCUT2D eigenvalue weighted by molar-refractivity contribution is 6.30. The predicted molar refractivity (Wildman–Crippen MR) is 65.5 cm³/mol. The van der Waals surface area contributed by atoms with Crippen LogP contribution in [0.5, 0.6) is 0 Å². The fraction of sp³-hybridized carbons (Fsp3) is 0.538. The van der Waals surface area contributed by atoms with Crippen molar-refractivity contribution in [3.8, 4) is 0 Å². The van der Waals surface area contributed by atoms with Gasteiger partial charge in [-0.25, -0.2) is 4.39 Å². The number of rotatable bonds is 3. The normalized spacial score (nSPS) is 20.6. The third kappa shape index (κ3) is 2.23. The minimum absolute atomic E-state index is 0.279. The van der Waals surface area contributed by atoms with Gasteiger partial charge in [0.2, 0.25) is 0 Å². The molecule has 0 spiro atoms. The lowest BCUT2D eigenvalue weighted by Crippen LogP contribution is -2.41. The van der Waals surface area contributed by atoms with E-state index in [9.17, 15) is 4.39 Å². The zero-order chi connectivity index (χ0) is 12.0. The van der Waals surface area contributed by atoms with E-state index in [1.54, 1.807) is 19.9 Å². The Hall–Kier alpha value is -0.600. The summed E-state index contributed by atoms with van der Waals surface area (Å²) in [6.45, 7) is 3.18. The van der Waals surface area contributed by atoms with Crippen molar-refractivity contribution < 1.29 is 4.39 Å². The van der Waals surface area contributed by atoms with Crippen LogP contribution < -0.4 is 5.73 Å². The van der Waals surface area contributed by atoms with Crippen molar-refractivity contribution >= 4 is 11.6 Å². The number of hydrogen-bond donors (Lipinski definition) is 1. The highest BCUT2D eigenvalue weighted by Crippen LogP contribution is 2.51. The maximum Gasteiger partial charge on any atom is 0.114 e. The molecule has 88 valence electrons. The van der Waals surface area contributed by atoms with Gasteiger partial charge in [0.25, 0.3) is 0 Å². The summed E-state index contributed by atoms with van der Waals surface area (Å²) in [6, 6.07) is 7.37. The third-order valence-electron chi connectivity index (χ3n) is 3.27. The van der Waals surface area contributed by atoms with Gasteiger partial charge in [-0.2, -0.15) is 0 Å². The summed E-state index contributed by atoms with van der Waals surface area (Å²) in [5.74, 6) is -0.279. The Morgan fingerprint density at radius 3 is 2.50 bits per heavy atom. The van der Waals surface area contributed by atoms with Crippen molar-refractivity contribution in [2.75, 3.05) is 0 Å². The van der Waals surface area contributed by atoms with Gasteiger partial charge in [0.15, 0.2) is 0 Å². The summed E-state index contributed by atoms with van der Waals surface area (Å²) in [4.78, 5) is 0. The molecular weight excluding hydrogens is 225 g/mol. The number of nitrogens with two attached hydrogens (primary N) is 1. The molecule has 0 aliphatic heterocycles. The molecule has 1 aliphatic rings. The van der Waals surface area contributed by atoms with Crippen molar-refractivity contribution in [2.24, 2.45) is 5.73 Å². The molecule has 1 atom stereocenters. The van der Waals surface area contributed by atoms with E-state index in [-0.39, 0.29) is 11.5 Å². The highest BCUT2D eigenvalue weighted by Gasteiger charge is 2.52. The Kier molecular flexibility index (Phi) is 2.75. The van der Waals surface area contributed by atoms with Gasteiger partial charge in [0, 0.05) is 16.5 Å². The molecule has 1 aromatic rings. The van der Waals surface area contributed by atoms with Gasteiger partial charge in [-0.15, -0.1) is 0 Å². The van der Waals surface area contributed by atoms with Crippen LogP contribution in [0.1, 0.15) is 38.2 Å². The molecule has 2 N–H and O–H groups in total. The van der Waals surface area contributed by atoms with Crippen LogP contribution in [-0.4, -0.2) is 11.2 Å². The fourth-order valence-electron chi connectivity index (χ4n) is 2.53. The first kappa shape index (κ1) is 11.9. The van der Waals surface area contributed by atoms with E-state index < -0.39 is 5.67 Å². The minimum atomic E-state index is -1.32. The lowest BCUT2D eigenvalue weighted by molar-refractivity contribution is 0.147. The van der Waals surface area contributed by atoms with E-state index in [0.717, 1.165) is 18.4 Å². The average Bonchev–Trinajstić information content (AvgIpc) is 2.81. The molecule has 16 heavy (non-hydrogen) atoms. The molecule has 0 heterocycles. The molecule has 0 bridgehead atoms. The zero-order valence-corrected chi connectivity index (χ0v) is 10.4. The molecule has 0 saturated heterocycles. The molecular formula is C13H17ClFN. The molecule has 2 rings (SSSR count). The number of alkyl halides is 1. The summed E-state index contributed by atoms with van der Waals surface area (Å²) in [5.41, 5.74) is 5.37. The van der Waals surface area contributed by atoms with Gasteiger partial charge in [-0.1, -0.05) is 23.7 Å². The molecule has 1 fully saturated rings. The second-order valence-electron chi connectivity index (χ2n) is 5.29. The highest BCUT2D eigenvalue weighted by atomic mass is 35.5. The van der Waals surface area contributed by atoms with Crippen LogP contribution >= 0.6 is 11.6 Å². The molecule has 0 aromatic heterocycles. The average molecular weight is 242 g/mol. The van der Waals surface area contributed by atoms with Crippen LogP contribution in [0.3, 0.4) is 0 Å². The Morgan fingerprint density at radius 2 is 2.06 bits per heavy atom. The van der Waals surface area contributed by atoms with E-state index in [4.69, 9.17) is 17.3 Å². The number of benzene rings is 1. The quantitative estimate of drug-likeness (QED) is 0.859. The predicted octanol–water partition coefficient (Wildman–Crippen LogP) is 3.66. The fourth-order valence-corrected chi connectivity index (χ4v) is 2.73. The van der Waals surface area contributed by atoms with Gasteiger partial charge < -0.3 is 5.73 Å². The van der Waals surface area contributed by atoms with Crippen molar-refractivity contribution in [3.05, 3.63) is 34.9 Å². The van der Waals surface area contributed by atoms with Crippen LogP contribution in [0.25, 0.3) is 0 Å². The van der Waals surface area contributed by atoms with Crippen LogP contribution in [0.15, 0.2) is 24.3 Å². The Labute approximate surface area is 101 Å². The zero-order valence-electron chi connectivity index (χ0n) is 9.63. The lowest BCUT2D eigenvalue weighted by atomic mass is 9.79. The van der Waals surface area contributed by atoms with E-state index in [2.05, 4.69) is 0 Å². The largest absolute Gasteiger partial charge is 0.324 e. The summed E-state index contributed by atoms with van der Waals surface area (Å²) in [6.07, 6.45) is 1.77. The van der Waals surface area contributed by atoms with Crippen molar-refractivity contribution in [3.63, 3.8) is 0 Å². The first-order valence-electron chi connectivity index (χ1n) is 5.56. The van der Waals surface area contributed by atoms with Gasteiger partial charge in [0.05, 0.1) is 0 Å². The Balaban J connectivity index is 2.40. The Bertz CT molecular complexity index is 388. The standard InChI is InChI=1S/C13H17ClFN/c1-12(2,15)11(13(16)6-7-13)9-4-3-5-10(14)8-9/h3-5,8,11H,6-7,16H2,1-2H3. The molecule has 1 aromatic carbocycles. The smallest absolute Gasteiger partial charge is 0.114 e. The van der Waals surface area contributed by atoms with Crippen molar-refractivity contribution in [1.29, 1.82) is 0 Å². The second kappa shape index (κ2) is 3.71. The van der Waals surface area contributed by atoms with E-state index >= 15 is 0 Å². The summed E-state index contributed by atoms with van der Waals surface area (Å²) in [5, 5.41) is 0.635. The monoisotopic (exact) mass is 241 g/mol. The van der Waals surface area contributed by atoms with Crippen LogP contribution in [-0.2, 0) is 0 Å². The molecule has 1 nitrogen and oxygen atoms in total. The maximum absolute atomic E-state index is 14.3. The lowest BCUT2D eigenvalue weighted by Gasteiger charge is -2.32. The molecule has 1 saturated carbocycles. The van der Waals surface area contributed by atoms with E-state index in [0.29, 0.717) is 5.02 Å². The van der Waals surface area contributed by atoms with Crippen LogP contribution in [0.4, 0.5) is 4.39 Å². The summed E-state index contributed by atoms with van der Waals surface area (Å²) >= 11 is 5.95. The first-order chi connectivity index (χ1) is 7.33. The second-order valence-corrected chi connectivity index (χ2v) is 5.72. The number of hydrogen-bond acceptors (Lipinski definition) is 1. The van der Waals surface area contributed by atoms with Gasteiger partial charge in [0.1, 0.15) is 5.67 Å². The van der Waals surface area contributed by atoms with Gasteiger partial charge >= 0.3 is 0 Å². The Morgan fingerprint density at radius 1 is 1.44 bits per heavy atom. The van der Waals surface area contributed by atoms with E-state index in [1.807, 2.05) is 18.2 Å². The molecule has 0 amide bonds. The topological polar surface area (TPSA) is 26.0 Å². The van der Waals surface area contributed by atoms with Gasteiger partial charge in [-0.05, 0) is 44.4 Å². The van der Waals surface area contributed by atoms with Crippen LogP contribution in [0, 0.1) is 0 Å². The number of halogens is 2. The third-order valence-corrected chi connectivity index (χ3v) is 3.51. The summed E-state index contributed by atoms with van der Waals surface area (Å²) < 4.78 is 14.3. The first-order valence-corrected chi connectivity index (χ1v) is 5.94.